The molecule has 0 bridgehead atoms. The van der Waals surface area contributed by atoms with Crippen LogP contribution in [0.15, 0.2) is 34.1 Å². The summed E-state index contributed by atoms with van der Waals surface area (Å²) in [5.41, 5.74) is 5.43. The fraction of sp³-hybridized carbons (Fsp3) is 0.300. The number of aromatic nitrogens is 4. The van der Waals surface area contributed by atoms with Gasteiger partial charge in [0.05, 0.1) is 6.33 Å². The molecular formula is C10H12BrN5O. The molecule has 6 nitrogen and oxygen atoms in total. The van der Waals surface area contributed by atoms with E-state index < -0.39 is 0 Å². The molecule has 0 aliphatic heterocycles. The Balaban J connectivity index is 1.94. The number of nitrogens with two attached hydrogens (primary N) is 1. The van der Waals surface area contributed by atoms with E-state index in [1.165, 1.54) is 12.5 Å². The molecule has 0 unspecified atom stereocenters. The van der Waals surface area contributed by atoms with Crippen molar-refractivity contribution in [2.24, 2.45) is 0 Å². The molecule has 2 aromatic rings. The molecule has 0 radical (unpaired) electrons. The second-order valence-corrected chi connectivity index (χ2v) is 4.45. The van der Waals surface area contributed by atoms with Crippen LogP contribution in [-0.4, -0.2) is 19.3 Å². The van der Waals surface area contributed by atoms with Gasteiger partial charge in [-0.05, 0) is 28.4 Å². The van der Waals surface area contributed by atoms with Crippen LogP contribution in [-0.2, 0) is 13.1 Å². The largest absolute Gasteiger partial charge is 0.382 e. The van der Waals surface area contributed by atoms with Crippen molar-refractivity contribution < 1.29 is 0 Å². The Kier molecular flexibility index (Phi) is 3.58. The van der Waals surface area contributed by atoms with Gasteiger partial charge in [0, 0.05) is 25.5 Å². The quantitative estimate of drug-likeness (QED) is 0.908. The van der Waals surface area contributed by atoms with Gasteiger partial charge >= 0.3 is 0 Å². The smallest absolute Gasteiger partial charge is 0.267 e. The minimum Gasteiger partial charge on any atom is -0.382 e. The van der Waals surface area contributed by atoms with Crippen LogP contribution in [0.1, 0.15) is 6.42 Å². The lowest BCUT2D eigenvalue weighted by atomic mass is 10.4. The van der Waals surface area contributed by atoms with Gasteiger partial charge in [-0.1, -0.05) is 0 Å². The van der Waals surface area contributed by atoms with Crippen molar-refractivity contribution in [3.63, 3.8) is 0 Å². The fourth-order valence-corrected chi connectivity index (χ4v) is 1.83. The normalized spacial score (nSPS) is 10.6. The van der Waals surface area contributed by atoms with E-state index in [1.54, 1.807) is 15.3 Å². The predicted molar refractivity (Wildman–Crippen MR) is 67.5 cm³/mol. The number of halogens is 1. The summed E-state index contributed by atoms with van der Waals surface area (Å²) in [5.74, 6) is 0.506. The average Bonchev–Trinajstić information content (AvgIpc) is 2.70. The highest BCUT2D eigenvalue weighted by Crippen LogP contribution is 2.00. The first kappa shape index (κ1) is 11.8. The van der Waals surface area contributed by atoms with Crippen molar-refractivity contribution in [2.45, 2.75) is 19.5 Å². The van der Waals surface area contributed by atoms with Gasteiger partial charge in [0.15, 0.2) is 0 Å². The summed E-state index contributed by atoms with van der Waals surface area (Å²) < 4.78 is 3.80. The SMILES string of the molecule is Nc1ccn(CCCn2cncc(Br)c2=O)n1. The first-order chi connectivity index (χ1) is 8.16. The number of rotatable bonds is 4. The maximum atomic E-state index is 11.6. The molecule has 0 aliphatic carbocycles. The number of aryl methyl sites for hydroxylation is 2. The second-order valence-electron chi connectivity index (χ2n) is 3.60. The molecule has 2 aromatic heterocycles. The summed E-state index contributed by atoms with van der Waals surface area (Å²) in [6, 6.07) is 1.74. The third kappa shape index (κ3) is 2.94. The second kappa shape index (κ2) is 5.13. The van der Waals surface area contributed by atoms with E-state index in [-0.39, 0.29) is 5.56 Å². The minimum atomic E-state index is -0.0695. The zero-order chi connectivity index (χ0) is 12.3. The van der Waals surface area contributed by atoms with Gasteiger partial charge in [-0.3, -0.25) is 14.0 Å². The molecule has 0 aliphatic rings. The summed E-state index contributed by atoms with van der Waals surface area (Å²) in [6.07, 6.45) is 5.63. The summed E-state index contributed by atoms with van der Waals surface area (Å²) in [4.78, 5) is 15.6. The van der Waals surface area contributed by atoms with Gasteiger partial charge in [0.25, 0.3) is 5.56 Å². The molecule has 90 valence electrons. The average molecular weight is 298 g/mol. The Morgan fingerprint density at radius 1 is 1.41 bits per heavy atom. The molecule has 17 heavy (non-hydrogen) atoms. The van der Waals surface area contributed by atoms with E-state index in [9.17, 15) is 4.79 Å². The topological polar surface area (TPSA) is 78.7 Å². The molecule has 0 atom stereocenters. The number of hydrogen-bond acceptors (Lipinski definition) is 4. The van der Waals surface area contributed by atoms with Crippen LogP contribution in [0, 0.1) is 0 Å². The van der Waals surface area contributed by atoms with Crippen molar-refractivity contribution in [3.8, 4) is 0 Å². The Morgan fingerprint density at radius 2 is 2.24 bits per heavy atom. The predicted octanol–water partition coefficient (Wildman–Crippen LogP) is 0.875. The number of anilines is 1. The highest BCUT2D eigenvalue weighted by molar-refractivity contribution is 9.10. The summed E-state index contributed by atoms with van der Waals surface area (Å²) in [5, 5.41) is 4.06. The Hall–Kier alpha value is -1.63. The summed E-state index contributed by atoms with van der Waals surface area (Å²) in [6.45, 7) is 1.32. The minimum absolute atomic E-state index is 0.0695. The summed E-state index contributed by atoms with van der Waals surface area (Å²) >= 11 is 3.16. The lowest BCUT2D eigenvalue weighted by Crippen LogP contribution is -2.21. The van der Waals surface area contributed by atoms with Crippen LogP contribution in [0.4, 0.5) is 5.82 Å². The highest BCUT2D eigenvalue weighted by Gasteiger charge is 2.01. The van der Waals surface area contributed by atoms with Crippen molar-refractivity contribution in [3.05, 3.63) is 39.6 Å². The molecule has 0 saturated carbocycles. The van der Waals surface area contributed by atoms with Crippen molar-refractivity contribution in [2.75, 3.05) is 5.73 Å². The maximum absolute atomic E-state index is 11.6. The molecule has 2 N–H and O–H groups in total. The molecular weight excluding hydrogens is 286 g/mol. The Labute approximate surface area is 106 Å². The first-order valence-electron chi connectivity index (χ1n) is 5.15. The molecule has 0 fully saturated rings. The molecule has 0 amide bonds. The number of nitrogens with zero attached hydrogens (tertiary/aromatic N) is 4. The summed E-state index contributed by atoms with van der Waals surface area (Å²) in [7, 11) is 0. The van der Waals surface area contributed by atoms with Crippen molar-refractivity contribution in [1.29, 1.82) is 0 Å². The van der Waals surface area contributed by atoms with Gasteiger partial charge in [0.2, 0.25) is 0 Å². The molecule has 0 spiro atoms. The van der Waals surface area contributed by atoms with Crippen molar-refractivity contribution >= 4 is 21.7 Å². The van der Waals surface area contributed by atoms with E-state index in [0.29, 0.717) is 16.8 Å². The van der Waals surface area contributed by atoms with Crippen LogP contribution in [0.3, 0.4) is 0 Å². The Morgan fingerprint density at radius 3 is 2.94 bits per heavy atom. The number of hydrogen-bond donors (Lipinski definition) is 1. The van der Waals surface area contributed by atoms with E-state index in [4.69, 9.17) is 5.73 Å². The zero-order valence-electron chi connectivity index (χ0n) is 9.08. The Bertz CT molecular complexity index is 562. The number of nitrogen functional groups attached to an aromatic ring is 1. The molecule has 0 saturated heterocycles. The van der Waals surface area contributed by atoms with E-state index in [1.807, 2.05) is 6.20 Å². The molecule has 2 rings (SSSR count). The van der Waals surface area contributed by atoms with E-state index in [2.05, 4.69) is 26.0 Å². The van der Waals surface area contributed by atoms with Gasteiger partial charge in [-0.15, -0.1) is 0 Å². The third-order valence-electron chi connectivity index (χ3n) is 2.31. The zero-order valence-corrected chi connectivity index (χ0v) is 10.7. The van der Waals surface area contributed by atoms with Gasteiger partial charge in [-0.2, -0.15) is 5.10 Å². The van der Waals surface area contributed by atoms with Gasteiger partial charge in [0.1, 0.15) is 10.3 Å². The van der Waals surface area contributed by atoms with Crippen LogP contribution in [0.5, 0.6) is 0 Å². The fourth-order valence-electron chi connectivity index (χ4n) is 1.49. The van der Waals surface area contributed by atoms with E-state index in [0.717, 1.165) is 13.0 Å². The molecule has 0 aromatic carbocycles. The van der Waals surface area contributed by atoms with Crippen LogP contribution in [0.2, 0.25) is 0 Å². The van der Waals surface area contributed by atoms with Crippen molar-refractivity contribution in [1.82, 2.24) is 19.3 Å². The first-order valence-corrected chi connectivity index (χ1v) is 5.95. The van der Waals surface area contributed by atoms with E-state index >= 15 is 0 Å². The monoisotopic (exact) mass is 297 g/mol. The molecule has 7 heteroatoms. The lowest BCUT2D eigenvalue weighted by molar-refractivity contribution is 0.516. The van der Waals surface area contributed by atoms with Crippen LogP contribution >= 0.6 is 15.9 Å². The van der Waals surface area contributed by atoms with Gasteiger partial charge < -0.3 is 5.73 Å². The van der Waals surface area contributed by atoms with Crippen LogP contribution in [0.25, 0.3) is 0 Å². The maximum Gasteiger partial charge on any atom is 0.267 e. The third-order valence-corrected chi connectivity index (χ3v) is 2.85. The van der Waals surface area contributed by atoms with Crippen LogP contribution < -0.4 is 11.3 Å². The highest BCUT2D eigenvalue weighted by atomic mass is 79.9. The lowest BCUT2D eigenvalue weighted by Gasteiger charge is -2.05. The molecule has 2 heterocycles. The standard InChI is InChI=1S/C10H12BrN5O/c11-8-6-13-7-15(10(8)17)3-1-4-16-5-2-9(12)14-16/h2,5-7H,1,3-4H2,(H2,12,14). The van der Waals surface area contributed by atoms with Gasteiger partial charge in [-0.25, -0.2) is 4.98 Å².